The summed E-state index contributed by atoms with van der Waals surface area (Å²) >= 11 is 11.4. The van der Waals surface area contributed by atoms with Crippen LogP contribution in [-0.4, -0.2) is 15.6 Å². The van der Waals surface area contributed by atoms with Gasteiger partial charge in [-0.15, -0.1) is 0 Å². The molecule has 0 unspecified atom stereocenters. The number of nitrogens with zero attached hydrogens (tertiary/aromatic N) is 2. The van der Waals surface area contributed by atoms with Crippen LogP contribution in [0.5, 0.6) is 0 Å². The molecule has 0 bridgehead atoms. The van der Waals surface area contributed by atoms with Gasteiger partial charge in [0.1, 0.15) is 5.15 Å². The molecule has 0 aliphatic carbocycles. The van der Waals surface area contributed by atoms with E-state index in [1.807, 2.05) is 20.8 Å². The average Bonchev–Trinajstić information content (AvgIpc) is 2.00. The first-order valence-corrected chi connectivity index (χ1v) is 4.95. The van der Waals surface area contributed by atoms with Crippen molar-refractivity contribution in [2.75, 3.05) is 0 Å². The first-order valence-electron chi connectivity index (χ1n) is 4.19. The Hall–Kier alpha value is -0.380. The average molecular weight is 235 g/mol. The Balaban J connectivity index is 2.68. The Kier molecular flexibility index (Phi) is 3.70. The Morgan fingerprint density at radius 2 is 2.00 bits per heavy atom. The van der Waals surface area contributed by atoms with Crippen LogP contribution in [0, 0.1) is 0 Å². The van der Waals surface area contributed by atoms with E-state index >= 15 is 0 Å². The largest absolute Gasteiger partial charge is 0.371 e. The topological polar surface area (TPSA) is 35.0 Å². The lowest BCUT2D eigenvalue weighted by Crippen LogP contribution is -2.19. The molecule has 0 aliphatic rings. The highest BCUT2D eigenvalue weighted by Gasteiger charge is 2.12. The van der Waals surface area contributed by atoms with Crippen LogP contribution < -0.4 is 0 Å². The molecule has 0 N–H and O–H groups in total. The summed E-state index contributed by atoms with van der Waals surface area (Å²) in [6.45, 7) is 6.30. The first-order chi connectivity index (χ1) is 6.38. The zero-order valence-corrected chi connectivity index (χ0v) is 9.85. The van der Waals surface area contributed by atoms with Gasteiger partial charge in [0.05, 0.1) is 12.2 Å². The van der Waals surface area contributed by atoms with Crippen molar-refractivity contribution < 1.29 is 4.74 Å². The van der Waals surface area contributed by atoms with Gasteiger partial charge in [0.2, 0.25) is 5.28 Å². The highest BCUT2D eigenvalue weighted by molar-refractivity contribution is 6.32. The van der Waals surface area contributed by atoms with Crippen LogP contribution >= 0.6 is 23.2 Å². The van der Waals surface area contributed by atoms with Gasteiger partial charge in [0.15, 0.2) is 0 Å². The lowest BCUT2D eigenvalue weighted by atomic mass is 10.2. The van der Waals surface area contributed by atoms with Crippen molar-refractivity contribution in [3.05, 3.63) is 22.2 Å². The minimum atomic E-state index is -0.205. The van der Waals surface area contributed by atoms with Crippen molar-refractivity contribution in [3.8, 4) is 0 Å². The second-order valence-electron chi connectivity index (χ2n) is 3.86. The van der Waals surface area contributed by atoms with E-state index in [1.165, 1.54) is 0 Å². The molecular formula is C9H12Cl2N2O. The van der Waals surface area contributed by atoms with Gasteiger partial charge in [-0.25, -0.2) is 9.97 Å². The van der Waals surface area contributed by atoms with Crippen LogP contribution in [0.4, 0.5) is 0 Å². The van der Waals surface area contributed by atoms with Gasteiger partial charge in [0, 0.05) is 11.8 Å². The molecule has 3 nitrogen and oxygen atoms in total. The Labute approximate surface area is 93.4 Å². The zero-order chi connectivity index (χ0) is 10.8. The fraction of sp³-hybridized carbons (Fsp3) is 0.556. The van der Waals surface area contributed by atoms with Gasteiger partial charge in [-0.3, -0.25) is 0 Å². The van der Waals surface area contributed by atoms with E-state index in [0.29, 0.717) is 11.8 Å². The fourth-order valence-corrected chi connectivity index (χ4v) is 1.12. The lowest BCUT2D eigenvalue weighted by Gasteiger charge is -2.19. The summed E-state index contributed by atoms with van der Waals surface area (Å²) < 4.78 is 5.53. The fourth-order valence-electron chi connectivity index (χ4n) is 0.757. The van der Waals surface area contributed by atoms with E-state index in [4.69, 9.17) is 27.9 Å². The summed E-state index contributed by atoms with van der Waals surface area (Å²) in [5.41, 5.74) is 0.536. The smallest absolute Gasteiger partial charge is 0.223 e. The summed E-state index contributed by atoms with van der Waals surface area (Å²) in [6, 6.07) is 0. The van der Waals surface area contributed by atoms with Crippen molar-refractivity contribution in [1.29, 1.82) is 0 Å². The van der Waals surface area contributed by atoms with Gasteiger partial charge in [-0.1, -0.05) is 11.6 Å². The van der Waals surface area contributed by atoms with Crippen molar-refractivity contribution in [3.63, 3.8) is 0 Å². The minimum Gasteiger partial charge on any atom is -0.371 e. The standard InChI is InChI=1S/C9H12Cl2N2O/c1-9(2,3)14-5-6-4-12-8(11)13-7(6)10/h4H,5H2,1-3H3. The quantitative estimate of drug-likeness (QED) is 0.583. The SMILES string of the molecule is CC(C)(C)OCc1cnc(Cl)nc1Cl. The van der Waals surface area contributed by atoms with Gasteiger partial charge < -0.3 is 4.74 Å². The molecule has 0 saturated carbocycles. The predicted molar refractivity (Wildman–Crippen MR) is 56.6 cm³/mol. The summed E-state index contributed by atoms with van der Waals surface area (Å²) in [5, 5.41) is 0.490. The summed E-state index contributed by atoms with van der Waals surface area (Å²) in [6.07, 6.45) is 1.57. The molecule has 0 aliphatic heterocycles. The van der Waals surface area contributed by atoms with E-state index in [0.717, 1.165) is 5.56 Å². The predicted octanol–water partition coefficient (Wildman–Crippen LogP) is 3.10. The number of hydrogen-bond donors (Lipinski definition) is 0. The molecule has 0 amide bonds. The second kappa shape index (κ2) is 4.43. The molecule has 0 saturated heterocycles. The molecule has 1 aromatic rings. The highest BCUT2D eigenvalue weighted by atomic mass is 35.5. The number of rotatable bonds is 2. The van der Waals surface area contributed by atoms with E-state index in [-0.39, 0.29) is 10.9 Å². The molecule has 0 radical (unpaired) electrons. The third kappa shape index (κ3) is 3.78. The summed E-state index contributed by atoms with van der Waals surface area (Å²) in [7, 11) is 0. The van der Waals surface area contributed by atoms with Crippen molar-refractivity contribution in [2.45, 2.75) is 33.0 Å². The Morgan fingerprint density at radius 3 is 2.50 bits per heavy atom. The second-order valence-corrected chi connectivity index (χ2v) is 4.55. The third-order valence-corrected chi connectivity index (χ3v) is 1.95. The number of halogens is 2. The van der Waals surface area contributed by atoms with Crippen molar-refractivity contribution in [2.24, 2.45) is 0 Å². The highest BCUT2D eigenvalue weighted by Crippen LogP contribution is 2.18. The summed E-state index contributed by atoms with van der Waals surface area (Å²) in [5.74, 6) is 0. The van der Waals surface area contributed by atoms with Crippen LogP contribution in [0.1, 0.15) is 26.3 Å². The van der Waals surface area contributed by atoms with Crippen molar-refractivity contribution in [1.82, 2.24) is 9.97 Å². The molecule has 0 spiro atoms. The van der Waals surface area contributed by atoms with Gasteiger partial charge >= 0.3 is 0 Å². The maximum Gasteiger partial charge on any atom is 0.223 e. The lowest BCUT2D eigenvalue weighted by molar-refractivity contribution is -0.0151. The molecule has 0 atom stereocenters. The van der Waals surface area contributed by atoms with Crippen LogP contribution in [0.25, 0.3) is 0 Å². The third-order valence-electron chi connectivity index (χ3n) is 1.44. The molecule has 1 rings (SSSR count). The van der Waals surface area contributed by atoms with Crippen LogP contribution in [0.15, 0.2) is 6.20 Å². The van der Waals surface area contributed by atoms with Crippen LogP contribution in [0.2, 0.25) is 10.4 Å². The Morgan fingerprint density at radius 1 is 1.36 bits per heavy atom. The maximum absolute atomic E-state index is 5.84. The van der Waals surface area contributed by atoms with Gasteiger partial charge in [0.25, 0.3) is 0 Å². The molecule has 1 aromatic heterocycles. The van der Waals surface area contributed by atoms with E-state index in [9.17, 15) is 0 Å². The normalized spacial score (nSPS) is 11.8. The molecule has 14 heavy (non-hydrogen) atoms. The van der Waals surface area contributed by atoms with E-state index in [2.05, 4.69) is 9.97 Å². The molecule has 0 aromatic carbocycles. The number of hydrogen-bond acceptors (Lipinski definition) is 3. The van der Waals surface area contributed by atoms with E-state index < -0.39 is 0 Å². The molecule has 78 valence electrons. The molecular weight excluding hydrogens is 223 g/mol. The minimum absolute atomic E-state index is 0.148. The molecule has 1 heterocycles. The number of aromatic nitrogens is 2. The van der Waals surface area contributed by atoms with Gasteiger partial charge in [-0.05, 0) is 32.4 Å². The molecule has 0 fully saturated rings. The monoisotopic (exact) mass is 234 g/mol. The summed E-state index contributed by atoms with van der Waals surface area (Å²) in [4.78, 5) is 7.64. The van der Waals surface area contributed by atoms with Crippen LogP contribution in [0.3, 0.4) is 0 Å². The zero-order valence-electron chi connectivity index (χ0n) is 8.34. The number of ether oxygens (including phenoxy) is 1. The van der Waals surface area contributed by atoms with Gasteiger partial charge in [-0.2, -0.15) is 0 Å². The maximum atomic E-state index is 5.84. The Bertz CT molecular complexity index is 323. The van der Waals surface area contributed by atoms with E-state index in [1.54, 1.807) is 6.20 Å². The molecule has 5 heteroatoms. The van der Waals surface area contributed by atoms with Crippen molar-refractivity contribution >= 4 is 23.2 Å². The first kappa shape index (κ1) is 11.7. The van der Waals surface area contributed by atoms with Crippen LogP contribution in [-0.2, 0) is 11.3 Å².